The van der Waals surface area contributed by atoms with Crippen molar-refractivity contribution in [2.24, 2.45) is 0 Å². The summed E-state index contributed by atoms with van der Waals surface area (Å²) in [6, 6.07) is 23.5. The molecule has 1 saturated heterocycles. The summed E-state index contributed by atoms with van der Waals surface area (Å²) in [5.74, 6) is 2.58. The number of fused-ring (bicyclic) bond motifs is 2. The van der Waals surface area contributed by atoms with Crippen molar-refractivity contribution >= 4 is 44.9 Å². The molecule has 6 heteroatoms. The molecule has 1 aliphatic rings. The van der Waals surface area contributed by atoms with Crippen molar-refractivity contribution in [1.82, 2.24) is 15.0 Å². The lowest BCUT2D eigenvalue weighted by Gasteiger charge is -2.30. The average molecular weight is 477 g/mol. The number of nitrogens with zero attached hydrogens (tertiary/aromatic N) is 3. The fourth-order valence-corrected chi connectivity index (χ4v) is 5.29. The van der Waals surface area contributed by atoms with Crippen LogP contribution in [-0.2, 0) is 12.8 Å². The van der Waals surface area contributed by atoms with E-state index in [0.717, 1.165) is 43.3 Å². The number of aryl methyl sites for hydroxylation is 1. The molecule has 6 nitrogen and oxygen atoms in total. The smallest absolute Gasteiger partial charge is 0.226 e. The van der Waals surface area contributed by atoms with Gasteiger partial charge in [0.1, 0.15) is 11.6 Å². The van der Waals surface area contributed by atoms with Crippen LogP contribution in [0.25, 0.3) is 21.7 Å². The molecular weight excluding hydrogens is 444 g/mol. The highest BCUT2D eigenvalue weighted by Crippen LogP contribution is 2.33. The predicted molar refractivity (Wildman–Crippen MR) is 151 cm³/mol. The number of benzene rings is 3. The van der Waals surface area contributed by atoms with Crippen LogP contribution in [0.2, 0.25) is 0 Å². The molecule has 6 rings (SSSR count). The second kappa shape index (κ2) is 9.90. The molecule has 0 spiro atoms. The van der Waals surface area contributed by atoms with E-state index >= 15 is 0 Å². The summed E-state index contributed by atoms with van der Waals surface area (Å²) >= 11 is 0. The highest BCUT2D eigenvalue weighted by molar-refractivity contribution is 5.87. The first-order valence-corrected chi connectivity index (χ1v) is 12.9. The van der Waals surface area contributed by atoms with Gasteiger partial charge in [0, 0.05) is 48.5 Å². The monoisotopic (exact) mass is 476 g/mol. The zero-order chi connectivity index (χ0) is 24.3. The zero-order valence-electron chi connectivity index (χ0n) is 20.7. The van der Waals surface area contributed by atoms with Gasteiger partial charge in [0.25, 0.3) is 0 Å². The first kappa shape index (κ1) is 22.4. The van der Waals surface area contributed by atoms with Gasteiger partial charge in [-0.25, -0.2) is 0 Å². The van der Waals surface area contributed by atoms with E-state index in [4.69, 9.17) is 9.97 Å². The number of aromatic nitrogens is 3. The van der Waals surface area contributed by atoms with Crippen molar-refractivity contribution in [3.63, 3.8) is 0 Å². The third kappa shape index (κ3) is 4.47. The first-order chi connectivity index (χ1) is 17.8. The van der Waals surface area contributed by atoms with Crippen LogP contribution in [-0.4, -0.2) is 35.1 Å². The Balaban J connectivity index is 1.40. The maximum absolute atomic E-state index is 4.99. The van der Waals surface area contributed by atoms with Crippen LogP contribution in [0.3, 0.4) is 0 Å². The molecular formula is C30H32N6. The van der Waals surface area contributed by atoms with Crippen molar-refractivity contribution in [1.29, 1.82) is 0 Å². The Morgan fingerprint density at radius 3 is 2.53 bits per heavy atom. The van der Waals surface area contributed by atoms with Crippen LogP contribution in [0.15, 0.2) is 72.9 Å². The lowest BCUT2D eigenvalue weighted by molar-refractivity contribution is 0.571. The molecule has 1 aliphatic heterocycles. The number of hydrogen-bond acceptors (Lipinski definition) is 5. The number of aromatic amines is 1. The van der Waals surface area contributed by atoms with E-state index in [0.29, 0.717) is 5.95 Å². The summed E-state index contributed by atoms with van der Waals surface area (Å²) in [6.45, 7) is 2.07. The molecule has 1 fully saturated rings. The first-order valence-electron chi connectivity index (χ1n) is 12.9. The van der Waals surface area contributed by atoms with Gasteiger partial charge in [-0.3, -0.25) is 0 Å². The quantitative estimate of drug-likeness (QED) is 0.245. The number of nitrogens with one attached hydrogen (secondary N) is 3. The normalized spacial score (nSPS) is 13.9. The summed E-state index contributed by atoms with van der Waals surface area (Å²) < 4.78 is 0. The minimum Gasteiger partial charge on any atom is -0.361 e. The summed E-state index contributed by atoms with van der Waals surface area (Å²) in [4.78, 5) is 15.8. The van der Waals surface area contributed by atoms with Gasteiger partial charge in [-0.1, -0.05) is 48.5 Å². The summed E-state index contributed by atoms with van der Waals surface area (Å²) in [5.41, 5.74) is 4.71. The Bertz CT molecular complexity index is 1500. The third-order valence-electron chi connectivity index (χ3n) is 7.20. The van der Waals surface area contributed by atoms with Crippen molar-refractivity contribution in [3.05, 3.63) is 84.1 Å². The van der Waals surface area contributed by atoms with Crippen LogP contribution in [0.4, 0.5) is 23.3 Å². The topological polar surface area (TPSA) is 68.9 Å². The van der Waals surface area contributed by atoms with Crippen molar-refractivity contribution in [3.8, 4) is 0 Å². The minimum absolute atomic E-state index is 0.648. The lowest BCUT2D eigenvalue weighted by Crippen LogP contribution is -2.31. The van der Waals surface area contributed by atoms with Gasteiger partial charge in [-0.05, 0) is 66.6 Å². The molecule has 0 atom stereocenters. The summed E-state index contributed by atoms with van der Waals surface area (Å²) in [7, 11) is 1.89. The largest absolute Gasteiger partial charge is 0.361 e. The maximum Gasteiger partial charge on any atom is 0.226 e. The van der Waals surface area contributed by atoms with Crippen LogP contribution in [0, 0.1) is 0 Å². The van der Waals surface area contributed by atoms with Crippen molar-refractivity contribution in [2.45, 2.75) is 32.1 Å². The van der Waals surface area contributed by atoms with Gasteiger partial charge < -0.3 is 20.5 Å². The average Bonchev–Trinajstić information content (AvgIpc) is 3.35. The van der Waals surface area contributed by atoms with Gasteiger partial charge in [0.15, 0.2) is 0 Å². The Kier molecular flexibility index (Phi) is 6.16. The van der Waals surface area contributed by atoms with Gasteiger partial charge in [-0.2, -0.15) is 9.97 Å². The molecule has 3 aromatic carbocycles. The predicted octanol–water partition coefficient (Wildman–Crippen LogP) is 6.67. The Morgan fingerprint density at radius 1 is 0.861 bits per heavy atom. The molecule has 2 aromatic heterocycles. The number of hydrogen-bond donors (Lipinski definition) is 3. The molecule has 0 saturated carbocycles. The second-order valence-electron chi connectivity index (χ2n) is 9.54. The number of anilines is 4. The second-order valence-corrected chi connectivity index (χ2v) is 9.54. The SMILES string of the molecule is CNc1nc(Nc2ccc3ccccc3c2)c(CCc2c[nH]c3ccccc23)c(N2CCCCC2)n1. The Labute approximate surface area is 211 Å². The molecule has 3 heterocycles. The molecule has 5 aromatic rings. The Morgan fingerprint density at radius 2 is 1.67 bits per heavy atom. The van der Waals surface area contributed by atoms with Crippen LogP contribution >= 0.6 is 0 Å². The standard InChI is InChI=1S/C30H32N6/c1-31-30-34-28(33-24-15-13-21-9-3-4-10-22(21)19-24)26(29(35-30)36-17-7-2-8-18-36)16-14-23-20-32-27-12-6-5-11-25(23)27/h3-6,9-13,15,19-20,32H,2,7-8,14,16-18H2,1H3,(H2,31,33,34,35). The van der Waals surface area contributed by atoms with Crippen LogP contribution in [0.1, 0.15) is 30.4 Å². The van der Waals surface area contributed by atoms with Gasteiger partial charge in [-0.15, -0.1) is 0 Å². The molecule has 3 N–H and O–H groups in total. The van der Waals surface area contributed by atoms with E-state index in [1.165, 1.54) is 52.1 Å². The number of para-hydroxylation sites is 1. The zero-order valence-corrected chi connectivity index (χ0v) is 20.7. The third-order valence-corrected chi connectivity index (χ3v) is 7.20. The lowest BCUT2D eigenvalue weighted by atomic mass is 10.0. The fourth-order valence-electron chi connectivity index (χ4n) is 5.29. The minimum atomic E-state index is 0.648. The number of H-pyrrole nitrogens is 1. The van der Waals surface area contributed by atoms with Gasteiger partial charge in [0.05, 0.1) is 0 Å². The van der Waals surface area contributed by atoms with E-state index in [2.05, 4.69) is 93.4 Å². The number of rotatable bonds is 7. The summed E-state index contributed by atoms with van der Waals surface area (Å²) in [5, 5.41) is 10.6. The van der Waals surface area contributed by atoms with E-state index in [9.17, 15) is 0 Å². The molecule has 0 amide bonds. The highest BCUT2D eigenvalue weighted by Gasteiger charge is 2.22. The molecule has 36 heavy (non-hydrogen) atoms. The van der Waals surface area contributed by atoms with E-state index < -0.39 is 0 Å². The fraction of sp³-hybridized carbons (Fsp3) is 0.267. The van der Waals surface area contributed by atoms with E-state index in [1.807, 2.05) is 7.05 Å². The molecule has 0 aliphatic carbocycles. The molecule has 182 valence electrons. The Hall–Kier alpha value is -4.06. The van der Waals surface area contributed by atoms with Crippen molar-refractivity contribution in [2.75, 3.05) is 35.7 Å². The molecule has 0 unspecified atom stereocenters. The van der Waals surface area contributed by atoms with E-state index in [-0.39, 0.29) is 0 Å². The van der Waals surface area contributed by atoms with E-state index in [1.54, 1.807) is 0 Å². The van der Waals surface area contributed by atoms with Crippen molar-refractivity contribution < 1.29 is 0 Å². The summed E-state index contributed by atoms with van der Waals surface area (Å²) in [6.07, 6.45) is 7.60. The maximum atomic E-state index is 4.99. The molecule has 0 radical (unpaired) electrons. The number of piperidine rings is 1. The van der Waals surface area contributed by atoms with Gasteiger partial charge >= 0.3 is 0 Å². The van der Waals surface area contributed by atoms with Crippen LogP contribution < -0.4 is 15.5 Å². The van der Waals surface area contributed by atoms with Crippen LogP contribution in [0.5, 0.6) is 0 Å². The highest BCUT2D eigenvalue weighted by atomic mass is 15.2. The molecule has 0 bridgehead atoms. The van der Waals surface area contributed by atoms with Gasteiger partial charge in [0.2, 0.25) is 5.95 Å².